The number of sulfonamides is 1. The van der Waals surface area contributed by atoms with Crippen LogP contribution in [0.15, 0.2) is 56.3 Å². The van der Waals surface area contributed by atoms with E-state index in [1.807, 2.05) is 24.3 Å². The minimum absolute atomic E-state index is 0.258. The highest BCUT2D eigenvalue weighted by Crippen LogP contribution is 2.29. The van der Waals surface area contributed by atoms with Crippen LogP contribution >= 0.6 is 31.9 Å². The Hall–Kier alpha value is -0.890. The van der Waals surface area contributed by atoms with Crippen molar-refractivity contribution in [3.8, 4) is 5.75 Å². The first-order valence-corrected chi connectivity index (χ1v) is 9.42. The molecule has 0 aliphatic heterocycles. The Morgan fingerprint density at radius 1 is 1.09 bits per heavy atom. The fraction of sp³-hybridized carbons (Fsp3) is 0.200. The third-order valence-corrected chi connectivity index (χ3v) is 5.89. The van der Waals surface area contributed by atoms with Crippen LogP contribution in [0.25, 0.3) is 0 Å². The maximum absolute atomic E-state index is 12.1. The van der Waals surface area contributed by atoms with Gasteiger partial charge in [0, 0.05) is 18.6 Å². The third kappa shape index (κ3) is 4.10. The second kappa shape index (κ2) is 7.12. The molecule has 0 aliphatic carbocycles. The molecule has 0 radical (unpaired) electrons. The first-order valence-electron chi connectivity index (χ1n) is 6.40. The normalized spacial score (nSPS) is 11.7. The van der Waals surface area contributed by atoms with Gasteiger partial charge in [-0.05, 0) is 51.8 Å². The monoisotopic (exact) mass is 447 g/mol. The Kier molecular flexibility index (Phi) is 5.65. The SMILES string of the molecule is CN(C)S(=O)(=O)c1cccc(COc2ccc(Br)cc2Br)c1. The molecule has 0 N–H and O–H groups in total. The molecule has 0 saturated carbocycles. The van der Waals surface area contributed by atoms with Gasteiger partial charge in [-0.3, -0.25) is 0 Å². The van der Waals surface area contributed by atoms with Crippen LogP contribution in [0.1, 0.15) is 5.56 Å². The van der Waals surface area contributed by atoms with Crippen LogP contribution in [0.5, 0.6) is 5.75 Å². The van der Waals surface area contributed by atoms with Gasteiger partial charge in [0.1, 0.15) is 12.4 Å². The standard InChI is InChI=1S/C15H15Br2NO3S/c1-18(2)22(19,20)13-5-3-4-11(8-13)10-21-15-7-6-12(16)9-14(15)17/h3-9H,10H2,1-2H3. The highest BCUT2D eigenvalue weighted by Gasteiger charge is 2.17. The van der Waals surface area contributed by atoms with Crippen LogP contribution in [0.4, 0.5) is 0 Å². The van der Waals surface area contributed by atoms with Gasteiger partial charge in [0.25, 0.3) is 0 Å². The van der Waals surface area contributed by atoms with Gasteiger partial charge in [0.2, 0.25) is 10.0 Å². The lowest BCUT2D eigenvalue weighted by Gasteiger charge is -2.13. The van der Waals surface area contributed by atoms with Crippen LogP contribution in [0.2, 0.25) is 0 Å². The van der Waals surface area contributed by atoms with Crippen LogP contribution in [0, 0.1) is 0 Å². The first kappa shape index (κ1) is 17.5. The predicted octanol–water partition coefficient (Wildman–Crippen LogP) is 4.04. The van der Waals surface area contributed by atoms with E-state index in [1.165, 1.54) is 18.4 Å². The number of halogens is 2. The van der Waals surface area contributed by atoms with Gasteiger partial charge < -0.3 is 4.74 Å². The predicted molar refractivity (Wildman–Crippen MR) is 93.5 cm³/mol. The van der Waals surface area contributed by atoms with Crippen molar-refractivity contribution in [2.24, 2.45) is 0 Å². The number of benzene rings is 2. The topological polar surface area (TPSA) is 46.6 Å². The smallest absolute Gasteiger partial charge is 0.242 e. The zero-order valence-corrected chi connectivity index (χ0v) is 16.1. The maximum Gasteiger partial charge on any atom is 0.242 e. The van der Waals surface area contributed by atoms with Crippen molar-refractivity contribution < 1.29 is 13.2 Å². The van der Waals surface area contributed by atoms with E-state index in [0.29, 0.717) is 5.75 Å². The summed E-state index contributed by atoms with van der Waals surface area (Å²) in [6.45, 7) is 0.289. The summed E-state index contributed by atoms with van der Waals surface area (Å²) in [6.07, 6.45) is 0. The lowest BCUT2D eigenvalue weighted by Crippen LogP contribution is -2.22. The highest BCUT2D eigenvalue weighted by atomic mass is 79.9. The van der Waals surface area contributed by atoms with Gasteiger partial charge in [-0.1, -0.05) is 28.1 Å². The molecule has 0 bridgehead atoms. The molecule has 118 valence electrons. The van der Waals surface area contributed by atoms with Crippen LogP contribution < -0.4 is 4.74 Å². The molecule has 0 fully saturated rings. The molecule has 2 aromatic rings. The van der Waals surface area contributed by atoms with E-state index in [0.717, 1.165) is 14.5 Å². The van der Waals surface area contributed by atoms with Crippen molar-refractivity contribution >= 4 is 41.9 Å². The Labute approximate surface area is 147 Å². The van der Waals surface area contributed by atoms with Gasteiger partial charge in [0.05, 0.1) is 9.37 Å². The molecule has 4 nitrogen and oxygen atoms in total. The van der Waals surface area contributed by atoms with Crippen molar-refractivity contribution in [2.75, 3.05) is 14.1 Å². The summed E-state index contributed by atoms with van der Waals surface area (Å²) in [6, 6.07) is 12.4. The minimum atomic E-state index is -3.43. The molecule has 0 aliphatic rings. The maximum atomic E-state index is 12.1. The summed E-state index contributed by atoms with van der Waals surface area (Å²) in [5.41, 5.74) is 0.790. The zero-order valence-electron chi connectivity index (χ0n) is 12.1. The number of rotatable bonds is 5. The average molecular weight is 449 g/mol. The minimum Gasteiger partial charge on any atom is -0.488 e. The zero-order chi connectivity index (χ0) is 16.3. The van der Waals surface area contributed by atoms with Gasteiger partial charge in [-0.25, -0.2) is 12.7 Å². The van der Waals surface area contributed by atoms with E-state index in [2.05, 4.69) is 31.9 Å². The molecule has 0 heterocycles. The largest absolute Gasteiger partial charge is 0.488 e. The summed E-state index contributed by atoms with van der Waals surface area (Å²) >= 11 is 6.81. The molecule has 0 unspecified atom stereocenters. The summed E-state index contributed by atoms with van der Waals surface area (Å²) < 4.78 is 32.9. The second-order valence-electron chi connectivity index (χ2n) is 4.80. The summed E-state index contributed by atoms with van der Waals surface area (Å²) in [5.74, 6) is 0.698. The lowest BCUT2D eigenvalue weighted by molar-refractivity contribution is 0.304. The molecule has 7 heteroatoms. The summed E-state index contributed by atoms with van der Waals surface area (Å²) in [7, 11) is -0.411. The van der Waals surface area contributed by atoms with Gasteiger partial charge in [-0.2, -0.15) is 0 Å². The number of hydrogen-bond acceptors (Lipinski definition) is 3. The molecule has 0 saturated heterocycles. The van der Waals surface area contributed by atoms with Crippen molar-refractivity contribution in [1.82, 2.24) is 4.31 Å². The van der Waals surface area contributed by atoms with E-state index in [-0.39, 0.29) is 11.5 Å². The van der Waals surface area contributed by atoms with Crippen molar-refractivity contribution in [1.29, 1.82) is 0 Å². The molecular formula is C15H15Br2NO3S. The van der Waals surface area contributed by atoms with Crippen molar-refractivity contribution in [3.05, 3.63) is 57.0 Å². The lowest BCUT2D eigenvalue weighted by atomic mass is 10.2. The number of hydrogen-bond donors (Lipinski definition) is 0. The molecular weight excluding hydrogens is 434 g/mol. The molecule has 0 spiro atoms. The van der Waals surface area contributed by atoms with E-state index in [4.69, 9.17) is 4.74 Å². The Bertz CT molecular complexity index is 776. The van der Waals surface area contributed by atoms with E-state index in [1.54, 1.807) is 18.2 Å². The summed E-state index contributed by atoms with van der Waals surface area (Å²) in [4.78, 5) is 0.258. The molecule has 22 heavy (non-hydrogen) atoms. The van der Waals surface area contributed by atoms with E-state index in [9.17, 15) is 8.42 Å². The van der Waals surface area contributed by atoms with Crippen LogP contribution in [-0.2, 0) is 16.6 Å². The third-order valence-electron chi connectivity index (χ3n) is 2.97. The van der Waals surface area contributed by atoms with Gasteiger partial charge in [0.15, 0.2) is 0 Å². The molecule has 2 rings (SSSR count). The van der Waals surface area contributed by atoms with E-state index >= 15 is 0 Å². The molecule has 2 aromatic carbocycles. The van der Waals surface area contributed by atoms with Crippen LogP contribution in [-0.4, -0.2) is 26.8 Å². The second-order valence-corrected chi connectivity index (χ2v) is 8.72. The van der Waals surface area contributed by atoms with Gasteiger partial charge in [-0.15, -0.1) is 0 Å². The Balaban J connectivity index is 2.18. The molecule has 0 atom stereocenters. The van der Waals surface area contributed by atoms with E-state index < -0.39 is 10.0 Å². The quantitative estimate of drug-likeness (QED) is 0.693. The Morgan fingerprint density at radius 2 is 1.82 bits per heavy atom. The molecule has 0 amide bonds. The average Bonchev–Trinajstić information content (AvgIpc) is 2.46. The fourth-order valence-corrected chi connectivity index (χ4v) is 3.89. The van der Waals surface area contributed by atoms with Crippen LogP contribution in [0.3, 0.4) is 0 Å². The summed E-state index contributed by atoms with van der Waals surface area (Å²) in [5, 5.41) is 0. The fourth-order valence-electron chi connectivity index (χ4n) is 1.76. The first-order chi connectivity index (χ1) is 10.3. The van der Waals surface area contributed by atoms with Gasteiger partial charge >= 0.3 is 0 Å². The highest BCUT2D eigenvalue weighted by molar-refractivity contribution is 9.11. The number of nitrogens with zero attached hydrogens (tertiary/aromatic N) is 1. The van der Waals surface area contributed by atoms with Crippen molar-refractivity contribution in [2.45, 2.75) is 11.5 Å². The van der Waals surface area contributed by atoms with Crippen molar-refractivity contribution in [3.63, 3.8) is 0 Å². The number of ether oxygens (including phenoxy) is 1. The molecule has 0 aromatic heterocycles. The Morgan fingerprint density at radius 3 is 2.45 bits per heavy atom.